The number of anilines is 2. The molecule has 1 atom stereocenters. The fraction of sp³-hybridized carbons (Fsp3) is 0.308. The van der Waals surface area contributed by atoms with Crippen molar-refractivity contribution in [2.75, 3.05) is 24.2 Å². The van der Waals surface area contributed by atoms with Gasteiger partial charge in [0.25, 0.3) is 0 Å². The molecule has 1 aromatic carbocycles. The standard InChI is InChI=1S/C13H17N3O2/c1-13(18,8-17)7-16-12-3-2-11(14)9-4-5-15-6-10(9)12/h2-6,16-18H,7-8,14H2,1H3. The highest BCUT2D eigenvalue weighted by Crippen LogP contribution is 2.27. The Labute approximate surface area is 105 Å². The monoisotopic (exact) mass is 247 g/mol. The Morgan fingerprint density at radius 3 is 2.83 bits per heavy atom. The molecule has 0 radical (unpaired) electrons. The average Bonchev–Trinajstić information content (AvgIpc) is 2.38. The van der Waals surface area contributed by atoms with Crippen molar-refractivity contribution < 1.29 is 10.2 Å². The van der Waals surface area contributed by atoms with Gasteiger partial charge in [0, 0.05) is 41.1 Å². The van der Waals surface area contributed by atoms with Crippen molar-refractivity contribution in [2.45, 2.75) is 12.5 Å². The lowest BCUT2D eigenvalue weighted by Gasteiger charge is -2.22. The van der Waals surface area contributed by atoms with Gasteiger partial charge in [0.2, 0.25) is 0 Å². The van der Waals surface area contributed by atoms with Gasteiger partial charge in [-0.2, -0.15) is 0 Å². The zero-order chi connectivity index (χ0) is 13.2. The molecule has 0 bridgehead atoms. The molecule has 0 aliphatic carbocycles. The molecular formula is C13H17N3O2. The maximum Gasteiger partial charge on any atom is 0.102 e. The van der Waals surface area contributed by atoms with E-state index in [9.17, 15) is 5.11 Å². The van der Waals surface area contributed by atoms with Crippen LogP contribution in [0, 0.1) is 0 Å². The topological polar surface area (TPSA) is 91.4 Å². The van der Waals surface area contributed by atoms with Gasteiger partial charge >= 0.3 is 0 Å². The van der Waals surface area contributed by atoms with Crippen molar-refractivity contribution in [3.63, 3.8) is 0 Å². The molecule has 0 fully saturated rings. The van der Waals surface area contributed by atoms with Crippen molar-refractivity contribution in [1.82, 2.24) is 4.98 Å². The number of benzene rings is 1. The zero-order valence-electron chi connectivity index (χ0n) is 10.2. The zero-order valence-corrected chi connectivity index (χ0v) is 10.2. The molecule has 96 valence electrons. The molecule has 1 unspecified atom stereocenters. The number of hydrogen-bond donors (Lipinski definition) is 4. The number of aliphatic hydroxyl groups excluding tert-OH is 1. The molecule has 2 rings (SSSR count). The summed E-state index contributed by atoms with van der Waals surface area (Å²) in [5, 5.41) is 23.7. The summed E-state index contributed by atoms with van der Waals surface area (Å²) >= 11 is 0. The van der Waals surface area contributed by atoms with E-state index in [1.54, 1.807) is 25.4 Å². The molecule has 0 saturated heterocycles. The van der Waals surface area contributed by atoms with Crippen LogP contribution in [0.4, 0.5) is 11.4 Å². The van der Waals surface area contributed by atoms with E-state index in [1.165, 1.54) is 0 Å². The third kappa shape index (κ3) is 2.52. The van der Waals surface area contributed by atoms with Gasteiger partial charge in [0.05, 0.1) is 6.61 Å². The number of pyridine rings is 1. The van der Waals surface area contributed by atoms with E-state index in [1.807, 2.05) is 12.1 Å². The molecule has 18 heavy (non-hydrogen) atoms. The largest absolute Gasteiger partial charge is 0.398 e. The molecule has 0 spiro atoms. The minimum absolute atomic E-state index is 0.247. The Bertz CT molecular complexity index is 555. The third-order valence-electron chi connectivity index (χ3n) is 2.85. The summed E-state index contributed by atoms with van der Waals surface area (Å²) in [4.78, 5) is 4.07. The molecule has 5 heteroatoms. The Kier molecular flexibility index (Phi) is 3.36. The summed E-state index contributed by atoms with van der Waals surface area (Å²) in [5.41, 5.74) is 6.25. The fourth-order valence-corrected chi connectivity index (χ4v) is 1.71. The summed E-state index contributed by atoms with van der Waals surface area (Å²) in [7, 11) is 0. The van der Waals surface area contributed by atoms with Gasteiger partial charge in [-0.05, 0) is 25.1 Å². The van der Waals surface area contributed by atoms with Crippen LogP contribution in [0.5, 0.6) is 0 Å². The molecular weight excluding hydrogens is 230 g/mol. The number of nitrogens with one attached hydrogen (secondary N) is 1. The molecule has 2 aromatic rings. The Hall–Kier alpha value is -1.85. The van der Waals surface area contributed by atoms with Crippen molar-refractivity contribution in [2.24, 2.45) is 0 Å². The summed E-state index contributed by atoms with van der Waals surface area (Å²) in [6, 6.07) is 5.49. The van der Waals surface area contributed by atoms with Crippen molar-refractivity contribution in [3.8, 4) is 0 Å². The van der Waals surface area contributed by atoms with Crippen LogP contribution >= 0.6 is 0 Å². The molecule has 0 saturated carbocycles. The highest BCUT2D eigenvalue weighted by atomic mass is 16.3. The van der Waals surface area contributed by atoms with Crippen LogP contribution in [-0.4, -0.2) is 33.9 Å². The minimum Gasteiger partial charge on any atom is -0.398 e. The number of aromatic nitrogens is 1. The lowest BCUT2D eigenvalue weighted by molar-refractivity contribution is 0.0132. The molecule has 5 N–H and O–H groups in total. The van der Waals surface area contributed by atoms with Crippen LogP contribution in [0.1, 0.15) is 6.92 Å². The summed E-state index contributed by atoms with van der Waals surface area (Å²) in [6.45, 7) is 1.51. The Balaban J connectivity index is 2.32. The van der Waals surface area contributed by atoms with Gasteiger partial charge in [0.15, 0.2) is 0 Å². The maximum absolute atomic E-state index is 9.76. The number of nitrogens with two attached hydrogens (primary N) is 1. The fourth-order valence-electron chi connectivity index (χ4n) is 1.71. The van der Waals surface area contributed by atoms with E-state index >= 15 is 0 Å². The summed E-state index contributed by atoms with van der Waals surface area (Å²) in [6.07, 6.45) is 3.41. The lowest BCUT2D eigenvalue weighted by Crippen LogP contribution is -2.37. The van der Waals surface area contributed by atoms with Crippen LogP contribution in [-0.2, 0) is 0 Å². The van der Waals surface area contributed by atoms with Crippen LogP contribution in [0.15, 0.2) is 30.6 Å². The second-order valence-electron chi connectivity index (χ2n) is 4.63. The molecule has 0 amide bonds. The SMILES string of the molecule is CC(O)(CO)CNc1ccc(N)c2ccncc12. The molecule has 1 aromatic heterocycles. The average molecular weight is 247 g/mol. The first-order valence-electron chi connectivity index (χ1n) is 5.73. The quantitative estimate of drug-likeness (QED) is 0.604. The van der Waals surface area contributed by atoms with E-state index < -0.39 is 5.60 Å². The molecule has 0 aliphatic heterocycles. The van der Waals surface area contributed by atoms with Crippen molar-refractivity contribution in [1.29, 1.82) is 0 Å². The van der Waals surface area contributed by atoms with Crippen LogP contribution in [0.25, 0.3) is 10.8 Å². The Morgan fingerprint density at radius 2 is 2.11 bits per heavy atom. The van der Waals surface area contributed by atoms with Gasteiger partial charge in [-0.25, -0.2) is 0 Å². The van der Waals surface area contributed by atoms with Gasteiger partial charge in [0.1, 0.15) is 5.60 Å². The maximum atomic E-state index is 9.76. The highest BCUT2D eigenvalue weighted by Gasteiger charge is 2.18. The lowest BCUT2D eigenvalue weighted by atomic mass is 10.1. The number of rotatable bonds is 4. The minimum atomic E-state index is -1.16. The van der Waals surface area contributed by atoms with Gasteiger partial charge in [-0.15, -0.1) is 0 Å². The molecule has 1 heterocycles. The summed E-state index contributed by atoms with van der Waals surface area (Å²) in [5.74, 6) is 0. The Morgan fingerprint density at radius 1 is 1.33 bits per heavy atom. The number of aliphatic hydroxyl groups is 2. The summed E-state index contributed by atoms with van der Waals surface area (Å²) < 4.78 is 0. The predicted molar refractivity (Wildman–Crippen MR) is 72.4 cm³/mol. The first-order chi connectivity index (χ1) is 8.53. The second-order valence-corrected chi connectivity index (χ2v) is 4.63. The van der Waals surface area contributed by atoms with Crippen molar-refractivity contribution >= 4 is 22.1 Å². The first kappa shape index (κ1) is 12.6. The van der Waals surface area contributed by atoms with Gasteiger partial charge < -0.3 is 21.3 Å². The van der Waals surface area contributed by atoms with Gasteiger partial charge in [-0.3, -0.25) is 4.98 Å². The molecule has 5 nitrogen and oxygen atoms in total. The third-order valence-corrected chi connectivity index (χ3v) is 2.85. The smallest absolute Gasteiger partial charge is 0.102 e. The van der Waals surface area contributed by atoms with Crippen LogP contribution in [0.2, 0.25) is 0 Å². The first-order valence-corrected chi connectivity index (χ1v) is 5.73. The second kappa shape index (κ2) is 4.80. The van der Waals surface area contributed by atoms with E-state index in [-0.39, 0.29) is 13.2 Å². The van der Waals surface area contributed by atoms with Gasteiger partial charge in [-0.1, -0.05) is 0 Å². The van der Waals surface area contributed by atoms with Crippen LogP contribution in [0.3, 0.4) is 0 Å². The normalized spacial score (nSPS) is 14.4. The number of nitrogen functional groups attached to an aromatic ring is 1. The van der Waals surface area contributed by atoms with E-state index in [2.05, 4.69) is 10.3 Å². The highest BCUT2D eigenvalue weighted by molar-refractivity contribution is 6.00. The van der Waals surface area contributed by atoms with E-state index in [0.717, 1.165) is 16.5 Å². The van der Waals surface area contributed by atoms with E-state index in [0.29, 0.717) is 5.69 Å². The predicted octanol–water partition coefficient (Wildman–Crippen LogP) is 0.972. The number of hydrogen-bond acceptors (Lipinski definition) is 5. The number of fused-ring (bicyclic) bond motifs is 1. The van der Waals surface area contributed by atoms with Crippen molar-refractivity contribution in [3.05, 3.63) is 30.6 Å². The van der Waals surface area contributed by atoms with E-state index in [4.69, 9.17) is 10.8 Å². The molecule has 0 aliphatic rings. The number of nitrogens with zero attached hydrogens (tertiary/aromatic N) is 1. The van der Waals surface area contributed by atoms with Crippen LogP contribution < -0.4 is 11.1 Å².